The fourth-order valence-corrected chi connectivity index (χ4v) is 3.04. The van der Waals surface area contributed by atoms with Crippen LogP contribution in [0.4, 0.5) is 23.3 Å². The van der Waals surface area contributed by atoms with Crippen LogP contribution in [0.3, 0.4) is 0 Å². The maximum absolute atomic E-state index is 11.9. The smallest absolute Gasteiger partial charge is 0.254 e. The normalized spacial score (nSPS) is 14.0. The van der Waals surface area contributed by atoms with Gasteiger partial charge in [0.2, 0.25) is 5.91 Å². The Morgan fingerprint density at radius 1 is 1.26 bits per heavy atom. The standard InChI is InChI=1S/C17H18N8O2/c1-19-14-8-12(23-17-10(16(18)27)9-20-25(14)17)21-11-4-2-5-13(22-11)24-7-3-6-15(24)26/h2,4-5,8-9,19H,3,6-7H2,1H3,(H2,18,27)(H,21,22,23). The van der Waals surface area contributed by atoms with Crippen molar-refractivity contribution in [3.05, 3.63) is 36.0 Å². The molecule has 0 atom stereocenters. The van der Waals surface area contributed by atoms with Gasteiger partial charge in [0.1, 0.15) is 28.8 Å². The molecular weight excluding hydrogens is 348 g/mol. The van der Waals surface area contributed by atoms with Crippen LogP contribution in [0.15, 0.2) is 30.5 Å². The van der Waals surface area contributed by atoms with Gasteiger partial charge in [-0.2, -0.15) is 9.61 Å². The molecule has 0 saturated carbocycles. The van der Waals surface area contributed by atoms with Crippen molar-refractivity contribution < 1.29 is 9.59 Å². The van der Waals surface area contributed by atoms with E-state index >= 15 is 0 Å². The number of hydrogen-bond donors (Lipinski definition) is 3. The Labute approximate surface area is 154 Å². The quantitative estimate of drug-likeness (QED) is 0.617. The Morgan fingerprint density at radius 2 is 2.11 bits per heavy atom. The Balaban J connectivity index is 1.70. The molecule has 0 unspecified atom stereocenters. The Bertz CT molecular complexity index is 1040. The number of pyridine rings is 1. The zero-order valence-electron chi connectivity index (χ0n) is 14.6. The monoisotopic (exact) mass is 366 g/mol. The summed E-state index contributed by atoms with van der Waals surface area (Å²) in [5, 5.41) is 10.3. The number of carbonyl (C=O) groups is 2. The van der Waals surface area contributed by atoms with Gasteiger partial charge in [-0.3, -0.25) is 14.5 Å². The molecule has 0 radical (unpaired) electrons. The largest absolute Gasteiger partial charge is 0.373 e. The third-order valence-electron chi connectivity index (χ3n) is 4.33. The van der Waals surface area contributed by atoms with Gasteiger partial charge in [-0.25, -0.2) is 9.97 Å². The number of carbonyl (C=O) groups excluding carboxylic acids is 2. The topological polar surface area (TPSA) is 131 Å². The molecule has 4 N–H and O–H groups in total. The van der Waals surface area contributed by atoms with Crippen LogP contribution in [-0.2, 0) is 4.79 Å². The number of anilines is 4. The van der Waals surface area contributed by atoms with E-state index in [0.29, 0.717) is 41.9 Å². The number of fused-ring (bicyclic) bond motifs is 1. The van der Waals surface area contributed by atoms with Gasteiger partial charge in [0.15, 0.2) is 5.65 Å². The minimum Gasteiger partial charge on any atom is -0.373 e. The second-order valence-corrected chi connectivity index (χ2v) is 6.09. The van der Waals surface area contributed by atoms with E-state index in [9.17, 15) is 9.59 Å². The molecule has 10 heteroatoms. The van der Waals surface area contributed by atoms with Crippen LogP contribution < -0.4 is 21.3 Å². The van der Waals surface area contributed by atoms with Crippen molar-refractivity contribution in [1.29, 1.82) is 0 Å². The lowest BCUT2D eigenvalue weighted by atomic mass is 10.3. The Hall–Kier alpha value is -3.69. The first-order valence-corrected chi connectivity index (χ1v) is 8.47. The molecule has 2 amide bonds. The molecule has 4 heterocycles. The highest BCUT2D eigenvalue weighted by Gasteiger charge is 2.23. The number of amides is 2. The van der Waals surface area contributed by atoms with Crippen molar-refractivity contribution >= 4 is 40.7 Å². The lowest BCUT2D eigenvalue weighted by Gasteiger charge is -2.16. The Kier molecular flexibility index (Phi) is 4.07. The summed E-state index contributed by atoms with van der Waals surface area (Å²) in [7, 11) is 1.74. The zero-order valence-corrected chi connectivity index (χ0v) is 14.6. The van der Waals surface area contributed by atoms with Crippen molar-refractivity contribution in [2.75, 3.05) is 29.1 Å². The first-order chi connectivity index (χ1) is 13.1. The number of hydrogen-bond acceptors (Lipinski definition) is 7. The van der Waals surface area contributed by atoms with Crippen molar-refractivity contribution in [3.63, 3.8) is 0 Å². The summed E-state index contributed by atoms with van der Waals surface area (Å²) in [6.07, 6.45) is 2.76. The molecule has 0 bridgehead atoms. The van der Waals surface area contributed by atoms with Gasteiger partial charge >= 0.3 is 0 Å². The lowest BCUT2D eigenvalue weighted by Crippen LogP contribution is -2.24. The molecule has 10 nitrogen and oxygen atoms in total. The summed E-state index contributed by atoms with van der Waals surface area (Å²) < 4.78 is 1.50. The highest BCUT2D eigenvalue weighted by atomic mass is 16.2. The molecule has 1 fully saturated rings. The Morgan fingerprint density at radius 3 is 2.81 bits per heavy atom. The summed E-state index contributed by atoms with van der Waals surface area (Å²) in [6, 6.07) is 7.13. The van der Waals surface area contributed by atoms with E-state index in [1.54, 1.807) is 30.1 Å². The lowest BCUT2D eigenvalue weighted by molar-refractivity contribution is -0.117. The third-order valence-corrected chi connectivity index (χ3v) is 4.33. The summed E-state index contributed by atoms with van der Waals surface area (Å²) in [5.41, 5.74) is 5.96. The van der Waals surface area contributed by atoms with E-state index < -0.39 is 5.91 Å². The average Bonchev–Trinajstić information content (AvgIpc) is 3.27. The van der Waals surface area contributed by atoms with Crippen LogP contribution in [0.25, 0.3) is 5.65 Å². The third kappa shape index (κ3) is 3.01. The maximum atomic E-state index is 11.9. The molecule has 0 spiro atoms. The minimum atomic E-state index is -0.607. The fraction of sp³-hybridized carbons (Fsp3) is 0.235. The summed E-state index contributed by atoms with van der Waals surface area (Å²) in [4.78, 5) is 34.1. The first-order valence-electron chi connectivity index (χ1n) is 8.47. The van der Waals surface area contributed by atoms with Gasteiger partial charge in [-0.05, 0) is 18.6 Å². The maximum Gasteiger partial charge on any atom is 0.254 e. The van der Waals surface area contributed by atoms with Gasteiger partial charge in [0, 0.05) is 26.1 Å². The number of primary amides is 1. The van der Waals surface area contributed by atoms with Crippen molar-refractivity contribution in [2.24, 2.45) is 5.73 Å². The van der Waals surface area contributed by atoms with E-state index in [4.69, 9.17) is 5.73 Å². The van der Waals surface area contributed by atoms with E-state index in [1.165, 1.54) is 10.7 Å². The predicted molar refractivity (Wildman–Crippen MR) is 100 cm³/mol. The van der Waals surface area contributed by atoms with E-state index in [1.807, 2.05) is 6.07 Å². The highest BCUT2D eigenvalue weighted by Crippen LogP contribution is 2.24. The van der Waals surface area contributed by atoms with Crippen LogP contribution in [0.2, 0.25) is 0 Å². The molecule has 0 aliphatic carbocycles. The number of rotatable bonds is 5. The van der Waals surface area contributed by atoms with Gasteiger partial charge < -0.3 is 16.4 Å². The molecule has 3 aromatic heterocycles. The van der Waals surface area contributed by atoms with Crippen molar-refractivity contribution in [2.45, 2.75) is 12.8 Å². The van der Waals surface area contributed by atoms with Gasteiger partial charge in [0.05, 0.1) is 6.20 Å². The second-order valence-electron chi connectivity index (χ2n) is 6.09. The molecule has 27 heavy (non-hydrogen) atoms. The predicted octanol–water partition coefficient (Wildman–Crippen LogP) is 1.14. The number of nitrogens with zero attached hydrogens (tertiary/aromatic N) is 5. The minimum absolute atomic E-state index is 0.0713. The summed E-state index contributed by atoms with van der Waals surface area (Å²) in [5.74, 6) is 1.69. The molecule has 1 aliphatic rings. The molecule has 3 aromatic rings. The van der Waals surface area contributed by atoms with Crippen molar-refractivity contribution in [1.82, 2.24) is 19.6 Å². The van der Waals surface area contributed by atoms with Crippen molar-refractivity contribution in [3.8, 4) is 0 Å². The number of nitrogens with one attached hydrogen (secondary N) is 2. The van der Waals surface area contributed by atoms with Gasteiger partial charge in [-0.15, -0.1) is 0 Å². The summed E-state index contributed by atoms with van der Waals surface area (Å²) >= 11 is 0. The van der Waals surface area contributed by atoms with E-state index in [-0.39, 0.29) is 11.5 Å². The van der Waals surface area contributed by atoms with Crippen LogP contribution in [0.5, 0.6) is 0 Å². The van der Waals surface area contributed by atoms with Gasteiger partial charge in [-0.1, -0.05) is 6.07 Å². The van der Waals surface area contributed by atoms with Crippen LogP contribution >= 0.6 is 0 Å². The van der Waals surface area contributed by atoms with E-state index in [2.05, 4.69) is 25.7 Å². The van der Waals surface area contributed by atoms with Crippen LogP contribution in [0.1, 0.15) is 23.2 Å². The SMILES string of the molecule is CNc1cc(Nc2cccc(N3CCCC3=O)n2)nc2c(C(N)=O)cnn12. The molecular formula is C17H18N8O2. The van der Waals surface area contributed by atoms with Gasteiger partial charge in [0.25, 0.3) is 5.91 Å². The summed E-state index contributed by atoms with van der Waals surface area (Å²) in [6.45, 7) is 0.668. The first kappa shape index (κ1) is 16.8. The molecule has 0 aromatic carbocycles. The molecule has 1 aliphatic heterocycles. The highest BCUT2D eigenvalue weighted by molar-refractivity contribution is 5.99. The molecule has 1 saturated heterocycles. The molecule has 4 rings (SSSR count). The number of aromatic nitrogens is 4. The fourth-order valence-electron chi connectivity index (χ4n) is 3.04. The molecule has 138 valence electrons. The van der Waals surface area contributed by atoms with E-state index in [0.717, 1.165) is 6.42 Å². The second kappa shape index (κ2) is 6.56. The average molecular weight is 366 g/mol. The van der Waals surface area contributed by atoms with Crippen LogP contribution in [0, 0.1) is 0 Å². The van der Waals surface area contributed by atoms with Crippen LogP contribution in [-0.4, -0.2) is 45.0 Å². The zero-order chi connectivity index (χ0) is 19.0. The number of nitrogens with two attached hydrogens (primary N) is 1.